The monoisotopic (exact) mass is 474 g/mol. The second-order valence-electron chi connectivity index (χ2n) is 7.68. The fourth-order valence-electron chi connectivity index (χ4n) is 3.72. The molecule has 0 spiro atoms. The van der Waals surface area contributed by atoms with E-state index in [-0.39, 0.29) is 0 Å². The van der Waals surface area contributed by atoms with Crippen LogP contribution >= 0.6 is 11.6 Å². The molecule has 3 rings (SSSR count). The summed E-state index contributed by atoms with van der Waals surface area (Å²) in [6.07, 6.45) is 0. The van der Waals surface area contributed by atoms with E-state index in [0.29, 0.717) is 0 Å². The summed E-state index contributed by atoms with van der Waals surface area (Å²) in [5, 5.41) is 4.72. The van der Waals surface area contributed by atoms with Crippen molar-refractivity contribution in [2.45, 2.75) is 36.5 Å². The Hall–Kier alpha value is -2.21. The van der Waals surface area contributed by atoms with Gasteiger partial charge in [-0.2, -0.15) is 0 Å². The number of benzene rings is 3. The molecular weight excluding hydrogens is 444 g/mol. The van der Waals surface area contributed by atoms with E-state index in [2.05, 4.69) is 92.1 Å². The molecule has 0 saturated carbocycles. The van der Waals surface area contributed by atoms with Gasteiger partial charge in [0, 0.05) is 0 Å². The average molecular weight is 474 g/mol. The number of rotatable bonds is 6. The predicted octanol–water partition coefficient (Wildman–Crippen LogP) is 8.22. The van der Waals surface area contributed by atoms with Crippen LogP contribution in [-0.4, -0.2) is 13.3 Å². The Balaban J connectivity index is 1.96. The van der Waals surface area contributed by atoms with Crippen LogP contribution in [0.15, 0.2) is 83.8 Å². The van der Waals surface area contributed by atoms with Gasteiger partial charge in [0.15, 0.2) is 0 Å². The summed E-state index contributed by atoms with van der Waals surface area (Å²) in [4.78, 5) is 2.68. The Kier molecular flexibility index (Phi) is 8.03. The molecule has 0 aromatic heterocycles. The molecule has 2 heteroatoms. The third kappa shape index (κ3) is 5.69. The van der Waals surface area contributed by atoms with Crippen molar-refractivity contribution in [2.75, 3.05) is 0 Å². The van der Waals surface area contributed by atoms with Gasteiger partial charge in [-0.1, -0.05) is 11.6 Å². The van der Waals surface area contributed by atoms with Gasteiger partial charge in [0.1, 0.15) is 0 Å². The van der Waals surface area contributed by atoms with Crippen molar-refractivity contribution in [1.29, 1.82) is 0 Å². The molecule has 30 heavy (non-hydrogen) atoms. The van der Waals surface area contributed by atoms with E-state index in [9.17, 15) is 0 Å². The predicted molar refractivity (Wildman–Crippen MR) is 135 cm³/mol. The molecule has 3 aromatic carbocycles. The maximum atomic E-state index is 5.95. The maximum absolute atomic E-state index is 5.95. The molecule has 0 aliphatic heterocycles. The molecule has 0 radical (unpaired) electrons. The fourth-order valence-corrected chi connectivity index (χ4v) is 10.3. The summed E-state index contributed by atoms with van der Waals surface area (Å²) < 4.78 is 0. The van der Waals surface area contributed by atoms with Crippen LogP contribution in [0.1, 0.15) is 43.0 Å². The summed E-state index contributed by atoms with van der Waals surface area (Å²) in [6.45, 7) is 7.13. The molecule has 3 aromatic rings. The van der Waals surface area contributed by atoms with Crippen molar-refractivity contribution in [3.8, 4) is 11.8 Å². The Labute approximate surface area is 189 Å². The minimum absolute atomic E-state index is 0.734. The normalized spacial score (nSPS) is 11.7. The van der Waals surface area contributed by atoms with Crippen LogP contribution in [0, 0.1) is 11.8 Å². The molecule has 0 aliphatic rings. The second-order valence-corrected chi connectivity index (χ2v) is 18.9. The van der Waals surface area contributed by atoms with Gasteiger partial charge in [-0.05, 0) is 0 Å². The quantitative estimate of drug-likeness (QED) is 0.250. The van der Waals surface area contributed by atoms with Crippen LogP contribution in [0.5, 0.6) is 0 Å². The first-order valence-electron chi connectivity index (χ1n) is 10.8. The van der Waals surface area contributed by atoms with Gasteiger partial charge in [0.25, 0.3) is 0 Å². The van der Waals surface area contributed by atoms with Crippen molar-refractivity contribution >= 4 is 30.4 Å². The zero-order chi connectivity index (χ0) is 21.4. The first-order valence-corrected chi connectivity index (χ1v) is 16.8. The van der Waals surface area contributed by atoms with E-state index in [1.807, 2.05) is 24.3 Å². The van der Waals surface area contributed by atoms with Crippen LogP contribution in [0.2, 0.25) is 20.8 Å². The summed E-state index contributed by atoms with van der Waals surface area (Å²) in [5.41, 5.74) is 5.97. The Morgan fingerprint density at radius 2 is 1.17 bits per heavy atom. The zero-order valence-electron chi connectivity index (χ0n) is 18.1. The van der Waals surface area contributed by atoms with Crippen LogP contribution in [-0.2, 0) is 0 Å². The van der Waals surface area contributed by atoms with Crippen LogP contribution in [0.3, 0.4) is 0 Å². The van der Waals surface area contributed by atoms with Crippen LogP contribution in [0.4, 0.5) is 0 Å². The van der Waals surface area contributed by atoms with Gasteiger partial charge in [-0.25, -0.2) is 0 Å². The molecule has 152 valence electrons. The average Bonchev–Trinajstić information content (AvgIpc) is 2.81. The van der Waals surface area contributed by atoms with Gasteiger partial charge in [0.05, 0.1) is 0 Å². The molecular formula is C28H29ClGe. The van der Waals surface area contributed by atoms with Crippen molar-refractivity contribution in [1.82, 2.24) is 0 Å². The number of hydrogen-bond donors (Lipinski definition) is 0. The minimum atomic E-state index is -2.00. The third-order valence-electron chi connectivity index (χ3n) is 6.04. The SMILES string of the molecule is C[CH2][Ge](/[CH]=C(/c1ccccc1)c1ccc(C#Cc2ccc(Cl)cc2)cc1)([CH2]C)[CH2]C. The van der Waals surface area contributed by atoms with E-state index in [0.717, 1.165) is 16.1 Å². The molecule has 0 nitrogen and oxygen atoms in total. The molecule has 0 aliphatic carbocycles. The summed E-state index contributed by atoms with van der Waals surface area (Å²) in [6, 6.07) is 27.2. The summed E-state index contributed by atoms with van der Waals surface area (Å²) in [7, 11) is 0. The van der Waals surface area contributed by atoms with Crippen LogP contribution in [0.25, 0.3) is 5.57 Å². The van der Waals surface area contributed by atoms with Crippen molar-refractivity contribution in [3.05, 3.63) is 111 Å². The topological polar surface area (TPSA) is 0 Å². The Morgan fingerprint density at radius 3 is 1.67 bits per heavy atom. The van der Waals surface area contributed by atoms with E-state index in [1.165, 1.54) is 32.5 Å². The standard InChI is InChI=1S/C28H29ClGe/c1-4-30(5-2,6-3)22-28(25-10-8-7-9-11-25)26-18-14-23(15-19-26)12-13-24-16-20-27(29)21-17-24/h7-11,14-22H,4-6H2,1-3H3/b28-22-. The number of hydrogen-bond acceptors (Lipinski definition) is 0. The van der Waals surface area contributed by atoms with Crippen LogP contribution < -0.4 is 0 Å². The third-order valence-corrected chi connectivity index (χ3v) is 17.0. The van der Waals surface area contributed by atoms with Crippen molar-refractivity contribution < 1.29 is 0 Å². The van der Waals surface area contributed by atoms with Crippen molar-refractivity contribution in [3.63, 3.8) is 0 Å². The van der Waals surface area contributed by atoms with E-state index < -0.39 is 13.3 Å². The fraction of sp³-hybridized carbons (Fsp3) is 0.214. The molecule has 0 fully saturated rings. The van der Waals surface area contributed by atoms with E-state index >= 15 is 0 Å². The Bertz CT molecular complexity index is 1020. The van der Waals surface area contributed by atoms with Gasteiger partial charge in [-0.3, -0.25) is 0 Å². The molecule has 0 atom stereocenters. The first-order chi connectivity index (χ1) is 14.6. The molecule has 0 N–H and O–H groups in total. The zero-order valence-corrected chi connectivity index (χ0v) is 20.9. The molecule has 0 unspecified atom stereocenters. The van der Waals surface area contributed by atoms with Gasteiger partial charge in [-0.15, -0.1) is 0 Å². The molecule has 0 heterocycles. The van der Waals surface area contributed by atoms with E-state index in [4.69, 9.17) is 11.6 Å². The second kappa shape index (κ2) is 10.7. The summed E-state index contributed by atoms with van der Waals surface area (Å²) in [5.74, 6) is 6.49. The van der Waals surface area contributed by atoms with Crippen molar-refractivity contribution in [2.24, 2.45) is 0 Å². The van der Waals surface area contributed by atoms with E-state index in [1.54, 1.807) is 0 Å². The molecule has 0 saturated heterocycles. The number of halogens is 1. The Morgan fingerprint density at radius 1 is 0.700 bits per heavy atom. The summed E-state index contributed by atoms with van der Waals surface area (Å²) >= 11 is 3.95. The van der Waals surface area contributed by atoms with Gasteiger partial charge >= 0.3 is 178 Å². The first kappa shape index (κ1) is 22.5. The van der Waals surface area contributed by atoms with Gasteiger partial charge < -0.3 is 0 Å². The molecule has 0 amide bonds. The van der Waals surface area contributed by atoms with Gasteiger partial charge in [0.2, 0.25) is 0 Å². The molecule has 0 bridgehead atoms.